The Kier molecular flexibility index (Phi) is 4.17. The van der Waals surface area contributed by atoms with Crippen LogP contribution < -0.4 is 5.32 Å². The summed E-state index contributed by atoms with van der Waals surface area (Å²) in [7, 11) is 0. The summed E-state index contributed by atoms with van der Waals surface area (Å²) in [6.07, 6.45) is 6.38. The first-order chi connectivity index (χ1) is 10.8. The molecule has 0 amide bonds. The number of rotatable bonds is 2. The van der Waals surface area contributed by atoms with E-state index in [1.165, 1.54) is 46.6 Å². The van der Waals surface area contributed by atoms with Crippen LogP contribution >= 0.6 is 23.4 Å². The minimum atomic E-state index is 0.395. The molecular weight excluding hydrogens is 310 g/mol. The minimum Gasteiger partial charge on any atom is -0.307 e. The molecule has 1 nitrogen and oxygen atoms in total. The highest BCUT2D eigenvalue weighted by molar-refractivity contribution is 7.99. The Morgan fingerprint density at radius 2 is 1.82 bits per heavy atom. The van der Waals surface area contributed by atoms with Crippen molar-refractivity contribution >= 4 is 23.4 Å². The van der Waals surface area contributed by atoms with Crippen molar-refractivity contribution in [1.29, 1.82) is 0 Å². The molecule has 1 aliphatic carbocycles. The molecule has 1 N–H and O–H groups in total. The van der Waals surface area contributed by atoms with Gasteiger partial charge in [0, 0.05) is 26.9 Å². The quantitative estimate of drug-likeness (QED) is 0.767. The number of hydrogen-bond donors (Lipinski definition) is 1. The van der Waals surface area contributed by atoms with Crippen LogP contribution in [0.5, 0.6) is 0 Å². The molecule has 0 spiro atoms. The van der Waals surface area contributed by atoms with Gasteiger partial charge in [-0.1, -0.05) is 54.4 Å². The molecule has 4 rings (SSSR count). The first-order valence-electron chi connectivity index (χ1n) is 8.11. The molecule has 1 aliphatic heterocycles. The third-order valence-corrected chi connectivity index (χ3v) is 6.20. The second-order valence-electron chi connectivity index (χ2n) is 6.30. The molecule has 1 unspecified atom stereocenters. The van der Waals surface area contributed by atoms with Crippen molar-refractivity contribution in [3.63, 3.8) is 0 Å². The molecule has 1 atom stereocenters. The molecule has 2 aliphatic rings. The molecular formula is C19H20ClNS. The largest absolute Gasteiger partial charge is 0.307 e. The van der Waals surface area contributed by atoms with Crippen LogP contribution in [-0.2, 0) is 6.42 Å². The zero-order valence-electron chi connectivity index (χ0n) is 12.5. The summed E-state index contributed by atoms with van der Waals surface area (Å²) in [5.41, 5.74) is 2.80. The fourth-order valence-corrected chi connectivity index (χ4v) is 4.96. The molecule has 0 aromatic heterocycles. The van der Waals surface area contributed by atoms with Gasteiger partial charge in [-0.25, -0.2) is 0 Å². The Hall–Kier alpha value is -0.960. The molecule has 2 aromatic carbocycles. The maximum Gasteiger partial charge on any atom is 0.0409 e. The zero-order chi connectivity index (χ0) is 14.9. The Morgan fingerprint density at radius 3 is 2.68 bits per heavy atom. The maximum atomic E-state index is 6.23. The molecule has 0 bridgehead atoms. The summed E-state index contributed by atoms with van der Waals surface area (Å²) in [4.78, 5) is 2.71. The molecule has 22 heavy (non-hydrogen) atoms. The van der Waals surface area contributed by atoms with Gasteiger partial charge in [0.25, 0.3) is 0 Å². The fourth-order valence-electron chi connectivity index (χ4n) is 3.64. The molecule has 0 radical (unpaired) electrons. The second kappa shape index (κ2) is 6.27. The molecule has 1 heterocycles. The molecule has 1 saturated carbocycles. The average molecular weight is 330 g/mol. The third-order valence-electron chi connectivity index (χ3n) is 4.75. The lowest BCUT2D eigenvalue weighted by molar-refractivity contribution is 0.433. The van der Waals surface area contributed by atoms with E-state index >= 15 is 0 Å². The topological polar surface area (TPSA) is 12.0 Å². The van der Waals surface area contributed by atoms with Crippen LogP contribution in [0.25, 0.3) is 0 Å². The Bertz CT molecular complexity index is 679. The molecule has 0 saturated heterocycles. The Morgan fingerprint density at radius 1 is 1.00 bits per heavy atom. The molecule has 2 aromatic rings. The van der Waals surface area contributed by atoms with Crippen LogP contribution in [-0.4, -0.2) is 6.04 Å². The van der Waals surface area contributed by atoms with E-state index in [0.29, 0.717) is 12.1 Å². The lowest BCUT2D eigenvalue weighted by Crippen LogP contribution is -2.32. The van der Waals surface area contributed by atoms with Crippen molar-refractivity contribution in [2.45, 2.75) is 54.0 Å². The van der Waals surface area contributed by atoms with E-state index in [9.17, 15) is 0 Å². The fraction of sp³-hybridized carbons (Fsp3) is 0.368. The average Bonchev–Trinajstić information content (AvgIpc) is 2.97. The van der Waals surface area contributed by atoms with Gasteiger partial charge < -0.3 is 5.32 Å². The highest BCUT2D eigenvalue weighted by Gasteiger charge is 2.26. The van der Waals surface area contributed by atoms with Crippen LogP contribution in [0.1, 0.15) is 42.9 Å². The summed E-state index contributed by atoms with van der Waals surface area (Å²) in [6, 6.07) is 16.2. The number of fused-ring (bicyclic) bond motifs is 2. The Balaban J connectivity index is 1.72. The van der Waals surface area contributed by atoms with Crippen LogP contribution in [0.4, 0.5) is 0 Å². The van der Waals surface area contributed by atoms with Crippen molar-refractivity contribution in [2.24, 2.45) is 0 Å². The number of nitrogens with one attached hydrogen (secondary N) is 1. The summed E-state index contributed by atoms with van der Waals surface area (Å²) in [5, 5.41) is 4.76. The van der Waals surface area contributed by atoms with Crippen molar-refractivity contribution in [1.82, 2.24) is 5.32 Å². The molecule has 3 heteroatoms. The van der Waals surface area contributed by atoms with E-state index in [0.717, 1.165) is 11.4 Å². The highest BCUT2D eigenvalue weighted by atomic mass is 35.5. The smallest absolute Gasteiger partial charge is 0.0409 e. The summed E-state index contributed by atoms with van der Waals surface area (Å²) in [6.45, 7) is 0. The van der Waals surface area contributed by atoms with Gasteiger partial charge >= 0.3 is 0 Å². The van der Waals surface area contributed by atoms with Gasteiger partial charge in [-0.2, -0.15) is 0 Å². The van der Waals surface area contributed by atoms with Gasteiger partial charge in [0.05, 0.1) is 0 Å². The lowest BCUT2D eigenvalue weighted by Gasteiger charge is -2.23. The van der Waals surface area contributed by atoms with Crippen LogP contribution in [0, 0.1) is 0 Å². The highest BCUT2D eigenvalue weighted by Crippen LogP contribution is 2.42. The summed E-state index contributed by atoms with van der Waals surface area (Å²) < 4.78 is 0. The minimum absolute atomic E-state index is 0.395. The van der Waals surface area contributed by atoms with Crippen LogP contribution in [0.2, 0.25) is 5.02 Å². The van der Waals surface area contributed by atoms with E-state index in [1.807, 2.05) is 17.8 Å². The predicted octanol–water partition coefficient (Wildman–Crippen LogP) is 5.62. The second-order valence-corrected chi connectivity index (χ2v) is 7.82. The number of halogens is 1. The first-order valence-corrected chi connectivity index (χ1v) is 9.30. The molecule has 114 valence electrons. The van der Waals surface area contributed by atoms with Gasteiger partial charge in [0.1, 0.15) is 0 Å². The summed E-state index contributed by atoms with van der Waals surface area (Å²) in [5.74, 6) is 0. The summed E-state index contributed by atoms with van der Waals surface area (Å²) >= 11 is 8.10. The van der Waals surface area contributed by atoms with Crippen molar-refractivity contribution in [3.8, 4) is 0 Å². The van der Waals surface area contributed by atoms with Gasteiger partial charge in [0.15, 0.2) is 0 Å². The van der Waals surface area contributed by atoms with Gasteiger partial charge in [0.2, 0.25) is 0 Å². The van der Waals surface area contributed by atoms with E-state index < -0.39 is 0 Å². The van der Waals surface area contributed by atoms with E-state index in [2.05, 4.69) is 41.7 Å². The SMILES string of the molecule is Clc1ccc2c(c1)CC(NC1CCCC1)c1ccccc1S2. The lowest BCUT2D eigenvalue weighted by atomic mass is 9.97. The molecule has 1 fully saturated rings. The van der Waals surface area contributed by atoms with E-state index in [-0.39, 0.29) is 0 Å². The van der Waals surface area contributed by atoms with Crippen LogP contribution in [0.15, 0.2) is 52.3 Å². The third kappa shape index (κ3) is 2.92. The van der Waals surface area contributed by atoms with Crippen molar-refractivity contribution in [3.05, 3.63) is 58.6 Å². The van der Waals surface area contributed by atoms with Crippen LogP contribution in [0.3, 0.4) is 0 Å². The van der Waals surface area contributed by atoms with E-state index in [1.54, 1.807) is 0 Å². The monoisotopic (exact) mass is 329 g/mol. The van der Waals surface area contributed by atoms with Gasteiger partial charge in [-0.15, -0.1) is 0 Å². The van der Waals surface area contributed by atoms with Crippen molar-refractivity contribution in [2.75, 3.05) is 0 Å². The van der Waals surface area contributed by atoms with Crippen molar-refractivity contribution < 1.29 is 0 Å². The van der Waals surface area contributed by atoms with Gasteiger partial charge in [-0.3, -0.25) is 0 Å². The standard InChI is InChI=1S/C19H20ClNS/c20-14-9-10-18-13(11-14)12-17(21-15-5-1-2-6-15)16-7-3-4-8-19(16)22-18/h3-4,7-11,15,17,21H,1-2,5-6,12H2. The Labute approximate surface area is 141 Å². The normalized spacial score (nSPS) is 21.2. The van der Waals surface area contributed by atoms with E-state index in [4.69, 9.17) is 11.6 Å². The predicted molar refractivity (Wildman–Crippen MR) is 93.9 cm³/mol. The maximum absolute atomic E-state index is 6.23. The number of benzene rings is 2. The zero-order valence-corrected chi connectivity index (χ0v) is 14.1. The number of hydrogen-bond acceptors (Lipinski definition) is 2. The first kappa shape index (κ1) is 14.6. The van der Waals surface area contributed by atoms with Gasteiger partial charge in [-0.05, 0) is 54.7 Å².